The molecule has 1 rings (SSSR count). The maximum Gasteiger partial charge on any atom is 0.422 e. The Morgan fingerprint density at radius 3 is 2.38 bits per heavy atom. The number of ether oxygens (including phenoxy) is 1. The molecule has 2 nitrogen and oxygen atoms in total. The zero-order chi connectivity index (χ0) is 12.3. The monoisotopic (exact) mass is 274 g/mol. The molecule has 90 valence electrons. The lowest BCUT2D eigenvalue weighted by molar-refractivity contribution is -0.153. The molecule has 0 radical (unpaired) electrons. The van der Waals surface area contributed by atoms with E-state index in [-0.39, 0.29) is 21.4 Å². The Labute approximate surface area is 99.5 Å². The van der Waals surface area contributed by atoms with E-state index in [0.29, 0.717) is 0 Å². The third-order valence-corrected chi connectivity index (χ3v) is 2.13. The highest BCUT2D eigenvalue weighted by molar-refractivity contribution is 6.35. The predicted molar refractivity (Wildman–Crippen MR) is 53.9 cm³/mol. The van der Waals surface area contributed by atoms with Gasteiger partial charge in [-0.05, 0) is 12.1 Å². The van der Waals surface area contributed by atoms with Crippen LogP contribution in [0.25, 0.3) is 0 Å². The first-order valence-electron chi connectivity index (χ1n) is 4.12. The van der Waals surface area contributed by atoms with Crippen molar-refractivity contribution in [3.8, 4) is 5.75 Å². The minimum atomic E-state index is -4.46. The summed E-state index contributed by atoms with van der Waals surface area (Å²) in [5.74, 6) is -0.203. The number of halogens is 5. The molecule has 0 atom stereocenters. The van der Waals surface area contributed by atoms with Gasteiger partial charge in [-0.15, -0.1) is 0 Å². The van der Waals surface area contributed by atoms with Crippen LogP contribution < -0.4 is 4.74 Å². The third-order valence-electron chi connectivity index (χ3n) is 1.64. The Morgan fingerprint density at radius 2 is 1.88 bits per heavy atom. The van der Waals surface area contributed by atoms with Crippen LogP contribution in [0.4, 0.5) is 13.2 Å². The van der Waals surface area contributed by atoms with Crippen molar-refractivity contribution in [3.63, 3.8) is 0 Å². The smallest absolute Gasteiger partial charge is 0.422 e. The number of hydrogen-bond acceptors (Lipinski definition) is 2. The molecule has 1 N–H and O–H groups in total. The summed E-state index contributed by atoms with van der Waals surface area (Å²) in [6, 6.07) is 2.53. The molecular weight excluding hydrogens is 268 g/mol. The summed E-state index contributed by atoms with van der Waals surface area (Å²) in [6.45, 7) is -1.98. The van der Waals surface area contributed by atoms with Crippen LogP contribution in [0.2, 0.25) is 10.0 Å². The van der Waals surface area contributed by atoms with Crippen molar-refractivity contribution in [1.82, 2.24) is 0 Å². The predicted octanol–water partition coefficient (Wildman–Crippen LogP) is 3.43. The van der Waals surface area contributed by atoms with Crippen LogP contribution in [0.1, 0.15) is 5.56 Å². The quantitative estimate of drug-likeness (QED) is 0.915. The van der Waals surface area contributed by atoms with Crippen molar-refractivity contribution in [2.75, 3.05) is 6.61 Å². The van der Waals surface area contributed by atoms with Crippen molar-refractivity contribution < 1.29 is 23.0 Å². The summed E-state index contributed by atoms with van der Waals surface area (Å²) in [5, 5.41) is 9.07. The number of alkyl halides is 3. The van der Waals surface area contributed by atoms with E-state index in [1.807, 2.05) is 0 Å². The Bertz CT molecular complexity index is 380. The van der Waals surface area contributed by atoms with Gasteiger partial charge in [-0.25, -0.2) is 0 Å². The normalized spacial score (nSPS) is 11.6. The van der Waals surface area contributed by atoms with Gasteiger partial charge < -0.3 is 9.84 Å². The third kappa shape index (κ3) is 3.73. The fourth-order valence-corrected chi connectivity index (χ4v) is 1.64. The average molecular weight is 275 g/mol. The number of rotatable bonds is 3. The first-order chi connectivity index (χ1) is 7.33. The molecular formula is C9H7Cl2F3O2. The first-order valence-corrected chi connectivity index (χ1v) is 4.87. The van der Waals surface area contributed by atoms with E-state index >= 15 is 0 Å². The van der Waals surface area contributed by atoms with Crippen LogP contribution in [0.3, 0.4) is 0 Å². The Hall–Kier alpha value is -0.650. The van der Waals surface area contributed by atoms with E-state index in [4.69, 9.17) is 28.3 Å². The number of hydrogen-bond donors (Lipinski definition) is 1. The van der Waals surface area contributed by atoms with Gasteiger partial charge in [-0.1, -0.05) is 23.2 Å². The van der Waals surface area contributed by atoms with Gasteiger partial charge in [0.2, 0.25) is 0 Å². The number of aliphatic hydroxyl groups is 1. The average Bonchev–Trinajstić information content (AvgIpc) is 2.13. The van der Waals surface area contributed by atoms with E-state index in [1.165, 1.54) is 12.1 Å². The van der Waals surface area contributed by atoms with E-state index in [0.717, 1.165) is 0 Å². The highest BCUT2D eigenvalue weighted by atomic mass is 35.5. The van der Waals surface area contributed by atoms with Gasteiger partial charge in [-0.2, -0.15) is 13.2 Å². The summed E-state index contributed by atoms with van der Waals surface area (Å²) < 4.78 is 40.3. The SMILES string of the molecule is OCc1cc(Cl)cc(Cl)c1OCC(F)(F)F. The van der Waals surface area contributed by atoms with Gasteiger partial charge in [0.1, 0.15) is 5.75 Å². The van der Waals surface area contributed by atoms with E-state index in [1.54, 1.807) is 0 Å². The fourth-order valence-electron chi connectivity index (χ4n) is 1.05. The van der Waals surface area contributed by atoms with Crippen LogP contribution in [0, 0.1) is 0 Å². The van der Waals surface area contributed by atoms with Gasteiger partial charge in [0, 0.05) is 10.6 Å². The molecule has 0 aromatic heterocycles. The lowest BCUT2D eigenvalue weighted by Gasteiger charge is -2.13. The highest BCUT2D eigenvalue weighted by Gasteiger charge is 2.29. The second kappa shape index (κ2) is 5.12. The van der Waals surface area contributed by atoms with Gasteiger partial charge in [0.25, 0.3) is 0 Å². The molecule has 0 fully saturated rings. The second-order valence-electron chi connectivity index (χ2n) is 2.94. The molecule has 16 heavy (non-hydrogen) atoms. The summed E-state index contributed by atoms with van der Waals surface area (Å²) in [6.07, 6.45) is -4.46. The molecule has 0 heterocycles. The standard InChI is InChI=1S/C9H7Cl2F3O2/c10-6-1-5(3-15)8(7(11)2-6)16-4-9(12,13)14/h1-2,15H,3-4H2. The Morgan fingerprint density at radius 1 is 1.25 bits per heavy atom. The molecule has 0 aliphatic heterocycles. The molecule has 7 heteroatoms. The van der Waals surface area contributed by atoms with Crippen molar-refractivity contribution >= 4 is 23.2 Å². The summed E-state index contributed by atoms with van der Waals surface area (Å²) >= 11 is 11.3. The number of aliphatic hydroxyl groups excluding tert-OH is 1. The van der Waals surface area contributed by atoms with Crippen molar-refractivity contribution in [2.45, 2.75) is 12.8 Å². The lowest BCUT2D eigenvalue weighted by Crippen LogP contribution is -2.20. The molecule has 1 aromatic rings. The van der Waals surface area contributed by atoms with Crippen molar-refractivity contribution in [1.29, 1.82) is 0 Å². The molecule has 1 aromatic carbocycles. The molecule has 0 spiro atoms. The Kier molecular flexibility index (Phi) is 4.29. The molecule has 0 saturated carbocycles. The van der Waals surface area contributed by atoms with Gasteiger partial charge in [0.15, 0.2) is 6.61 Å². The molecule has 0 bridgehead atoms. The topological polar surface area (TPSA) is 29.5 Å². The largest absolute Gasteiger partial charge is 0.482 e. The molecule has 0 aliphatic rings. The zero-order valence-corrected chi connectivity index (χ0v) is 9.33. The number of benzene rings is 1. The molecule has 0 unspecified atom stereocenters. The minimum absolute atomic E-state index is 0.0687. The minimum Gasteiger partial charge on any atom is -0.482 e. The van der Waals surface area contributed by atoms with Crippen LogP contribution in [-0.2, 0) is 6.61 Å². The van der Waals surface area contributed by atoms with Crippen LogP contribution in [-0.4, -0.2) is 17.9 Å². The summed E-state index contributed by atoms with van der Waals surface area (Å²) in [5.41, 5.74) is 0.113. The maximum atomic E-state index is 11.9. The van der Waals surface area contributed by atoms with Crippen LogP contribution in [0.15, 0.2) is 12.1 Å². The summed E-state index contributed by atoms with van der Waals surface area (Å²) in [4.78, 5) is 0. The van der Waals surface area contributed by atoms with E-state index < -0.39 is 19.4 Å². The van der Waals surface area contributed by atoms with Gasteiger partial charge in [-0.3, -0.25) is 0 Å². The van der Waals surface area contributed by atoms with Crippen molar-refractivity contribution in [3.05, 3.63) is 27.7 Å². The zero-order valence-electron chi connectivity index (χ0n) is 7.81. The van der Waals surface area contributed by atoms with E-state index in [2.05, 4.69) is 4.74 Å². The second-order valence-corrected chi connectivity index (χ2v) is 3.78. The molecule has 0 amide bonds. The molecule has 0 saturated heterocycles. The van der Waals surface area contributed by atoms with Crippen molar-refractivity contribution in [2.24, 2.45) is 0 Å². The lowest BCUT2D eigenvalue weighted by atomic mass is 10.2. The molecule has 0 aliphatic carbocycles. The van der Waals surface area contributed by atoms with Gasteiger partial charge in [0.05, 0.1) is 11.6 Å². The van der Waals surface area contributed by atoms with E-state index in [9.17, 15) is 13.2 Å². The highest BCUT2D eigenvalue weighted by Crippen LogP contribution is 2.33. The van der Waals surface area contributed by atoms with Crippen LogP contribution in [0.5, 0.6) is 5.75 Å². The fraction of sp³-hybridized carbons (Fsp3) is 0.333. The Balaban J connectivity index is 2.94. The summed E-state index contributed by atoms with van der Waals surface area (Å²) in [7, 11) is 0. The van der Waals surface area contributed by atoms with Crippen LogP contribution >= 0.6 is 23.2 Å². The maximum absolute atomic E-state index is 11.9. The van der Waals surface area contributed by atoms with Gasteiger partial charge >= 0.3 is 6.18 Å². The first kappa shape index (κ1) is 13.4.